The van der Waals surface area contributed by atoms with Crippen LogP contribution in [0.15, 0.2) is 0 Å². The average molecular weight is 326 g/mol. The van der Waals surface area contributed by atoms with Crippen molar-refractivity contribution in [2.24, 2.45) is 10.8 Å². The van der Waals surface area contributed by atoms with Crippen molar-refractivity contribution < 1.29 is 19.1 Å². The van der Waals surface area contributed by atoms with Gasteiger partial charge in [0.2, 0.25) is 0 Å². The molecule has 1 rings (SSSR count). The lowest BCUT2D eigenvalue weighted by atomic mass is 9.68. The first kappa shape index (κ1) is 20.0. The second kappa shape index (κ2) is 7.67. The molecular formula is C19H34O4. The van der Waals surface area contributed by atoms with Gasteiger partial charge in [0.05, 0.1) is 11.8 Å². The summed E-state index contributed by atoms with van der Waals surface area (Å²) in [5, 5.41) is 0. The smallest absolute Gasteiger partial charge is 0.311 e. The molecule has 0 amide bonds. The maximum Gasteiger partial charge on any atom is 0.311 e. The summed E-state index contributed by atoms with van der Waals surface area (Å²) in [5.74, 6) is -0.514. The molecule has 0 radical (unpaired) electrons. The van der Waals surface area contributed by atoms with Gasteiger partial charge in [-0.25, -0.2) is 0 Å². The third kappa shape index (κ3) is 5.22. The quantitative estimate of drug-likeness (QED) is 0.667. The van der Waals surface area contributed by atoms with E-state index in [1.165, 1.54) is 6.42 Å². The van der Waals surface area contributed by atoms with E-state index < -0.39 is 5.41 Å². The van der Waals surface area contributed by atoms with Crippen molar-refractivity contribution in [3.05, 3.63) is 0 Å². The number of hydrogen-bond acceptors (Lipinski definition) is 4. The van der Waals surface area contributed by atoms with Gasteiger partial charge in [-0.2, -0.15) is 0 Å². The van der Waals surface area contributed by atoms with Gasteiger partial charge in [0, 0.05) is 5.41 Å². The summed E-state index contributed by atoms with van der Waals surface area (Å²) in [7, 11) is 0. The Bertz CT molecular complexity index is 412. The topological polar surface area (TPSA) is 52.6 Å². The minimum Gasteiger partial charge on any atom is -0.465 e. The minimum absolute atomic E-state index is 0.0794. The third-order valence-electron chi connectivity index (χ3n) is 5.31. The minimum atomic E-state index is -0.500. The van der Waals surface area contributed by atoms with Crippen LogP contribution in [0.1, 0.15) is 86.5 Å². The van der Waals surface area contributed by atoms with Crippen LogP contribution in [-0.4, -0.2) is 24.1 Å². The van der Waals surface area contributed by atoms with Crippen LogP contribution in [0.4, 0.5) is 0 Å². The molecular weight excluding hydrogens is 292 g/mol. The van der Waals surface area contributed by atoms with Crippen molar-refractivity contribution in [1.82, 2.24) is 0 Å². The Hall–Kier alpha value is -1.06. The molecule has 0 bridgehead atoms. The fourth-order valence-electron chi connectivity index (χ4n) is 2.96. The Morgan fingerprint density at radius 1 is 1.00 bits per heavy atom. The summed E-state index contributed by atoms with van der Waals surface area (Å²) in [6.45, 7) is 12.2. The fourth-order valence-corrected chi connectivity index (χ4v) is 2.96. The molecule has 4 nitrogen and oxygen atoms in total. The zero-order chi connectivity index (χ0) is 17.7. The van der Waals surface area contributed by atoms with Crippen molar-refractivity contribution >= 4 is 11.9 Å². The van der Waals surface area contributed by atoms with Crippen LogP contribution in [0.5, 0.6) is 0 Å². The summed E-state index contributed by atoms with van der Waals surface area (Å²) in [6.07, 6.45) is 6.09. The van der Waals surface area contributed by atoms with E-state index in [-0.39, 0.29) is 36.0 Å². The van der Waals surface area contributed by atoms with Crippen LogP contribution in [0, 0.1) is 10.8 Å². The summed E-state index contributed by atoms with van der Waals surface area (Å²) in [6, 6.07) is 0. The number of hydrogen-bond donors (Lipinski definition) is 0. The lowest BCUT2D eigenvalue weighted by Crippen LogP contribution is -2.48. The van der Waals surface area contributed by atoms with E-state index in [1.807, 2.05) is 20.8 Å². The van der Waals surface area contributed by atoms with E-state index in [2.05, 4.69) is 20.8 Å². The highest BCUT2D eigenvalue weighted by atomic mass is 16.6. The predicted octanol–water partition coefficient (Wildman–Crippen LogP) is 4.65. The predicted molar refractivity (Wildman–Crippen MR) is 91.0 cm³/mol. The molecule has 0 aromatic rings. The van der Waals surface area contributed by atoms with Crippen LogP contribution in [0.2, 0.25) is 0 Å². The number of carbonyl (C=O) groups is 2. The molecule has 134 valence electrons. The maximum atomic E-state index is 12.3. The Kier molecular flexibility index (Phi) is 6.67. The van der Waals surface area contributed by atoms with E-state index >= 15 is 0 Å². The molecule has 0 saturated heterocycles. The van der Waals surface area contributed by atoms with Gasteiger partial charge in [0.1, 0.15) is 12.2 Å². The van der Waals surface area contributed by atoms with Gasteiger partial charge < -0.3 is 9.47 Å². The number of esters is 2. The average Bonchev–Trinajstić information content (AvgIpc) is 2.46. The summed E-state index contributed by atoms with van der Waals surface area (Å²) in [5.41, 5.74) is -0.959. The molecule has 0 heterocycles. The molecule has 1 aliphatic carbocycles. The molecule has 1 saturated carbocycles. The number of ether oxygens (including phenoxy) is 2. The second-order valence-electron chi connectivity index (χ2n) is 8.40. The number of rotatable bonds is 6. The molecule has 4 heteroatoms. The molecule has 23 heavy (non-hydrogen) atoms. The fraction of sp³-hybridized carbons (Fsp3) is 0.895. The van der Waals surface area contributed by atoms with Crippen LogP contribution in [0.25, 0.3) is 0 Å². The highest BCUT2D eigenvalue weighted by Gasteiger charge is 2.45. The monoisotopic (exact) mass is 326 g/mol. The normalized spacial score (nSPS) is 18.3. The van der Waals surface area contributed by atoms with Crippen molar-refractivity contribution in [2.45, 2.75) is 92.1 Å². The van der Waals surface area contributed by atoms with E-state index in [0.29, 0.717) is 6.42 Å². The first-order valence-corrected chi connectivity index (χ1v) is 8.93. The highest BCUT2D eigenvalue weighted by molar-refractivity contribution is 5.76. The second-order valence-corrected chi connectivity index (χ2v) is 8.40. The lowest BCUT2D eigenvalue weighted by Gasteiger charge is -2.46. The van der Waals surface area contributed by atoms with Crippen molar-refractivity contribution in [3.8, 4) is 0 Å². The zero-order valence-electron chi connectivity index (χ0n) is 15.8. The van der Waals surface area contributed by atoms with Gasteiger partial charge >= 0.3 is 11.9 Å². The van der Waals surface area contributed by atoms with Crippen LogP contribution < -0.4 is 0 Å². The van der Waals surface area contributed by atoms with Gasteiger partial charge in [-0.1, -0.05) is 34.1 Å². The maximum absolute atomic E-state index is 12.3. The van der Waals surface area contributed by atoms with Crippen LogP contribution in [0.3, 0.4) is 0 Å². The summed E-state index contributed by atoms with van der Waals surface area (Å²) >= 11 is 0. The van der Waals surface area contributed by atoms with Gasteiger partial charge in [-0.05, 0) is 46.0 Å². The standard InChI is InChI=1S/C19H34O4/c1-7-18(5,6)16(21)22-14-11-15(20)23-19(17(2,3)4)12-9-8-10-13-19/h7-14H2,1-6H3. The van der Waals surface area contributed by atoms with E-state index in [9.17, 15) is 9.59 Å². The summed E-state index contributed by atoms with van der Waals surface area (Å²) in [4.78, 5) is 24.2. The SMILES string of the molecule is CCC(C)(C)C(=O)OCCC(=O)OC1(C(C)(C)C)CCCCC1. The molecule has 1 fully saturated rings. The van der Waals surface area contributed by atoms with Gasteiger partial charge in [0.25, 0.3) is 0 Å². The van der Waals surface area contributed by atoms with Crippen LogP contribution >= 0.6 is 0 Å². The Morgan fingerprint density at radius 3 is 2.04 bits per heavy atom. The first-order chi connectivity index (χ1) is 10.5. The number of carbonyl (C=O) groups excluding carboxylic acids is 2. The van der Waals surface area contributed by atoms with Crippen molar-refractivity contribution in [3.63, 3.8) is 0 Å². The van der Waals surface area contributed by atoms with E-state index in [4.69, 9.17) is 9.47 Å². The Balaban J connectivity index is 2.53. The Labute approximate surface area is 141 Å². The molecule has 0 spiro atoms. The first-order valence-electron chi connectivity index (χ1n) is 8.93. The molecule has 0 aromatic carbocycles. The molecule has 0 atom stereocenters. The van der Waals surface area contributed by atoms with E-state index in [0.717, 1.165) is 25.7 Å². The molecule has 1 aliphatic rings. The molecule has 0 aliphatic heterocycles. The molecule has 0 unspecified atom stereocenters. The molecule has 0 N–H and O–H groups in total. The van der Waals surface area contributed by atoms with Crippen molar-refractivity contribution in [2.75, 3.05) is 6.61 Å². The van der Waals surface area contributed by atoms with Gasteiger partial charge in [-0.15, -0.1) is 0 Å². The highest BCUT2D eigenvalue weighted by Crippen LogP contribution is 2.45. The third-order valence-corrected chi connectivity index (χ3v) is 5.31. The largest absolute Gasteiger partial charge is 0.465 e. The summed E-state index contributed by atoms with van der Waals surface area (Å²) < 4.78 is 11.1. The molecule has 0 aromatic heterocycles. The Morgan fingerprint density at radius 2 is 1.57 bits per heavy atom. The van der Waals surface area contributed by atoms with Gasteiger partial charge in [0.15, 0.2) is 0 Å². The van der Waals surface area contributed by atoms with Crippen molar-refractivity contribution in [1.29, 1.82) is 0 Å². The van der Waals surface area contributed by atoms with E-state index in [1.54, 1.807) is 0 Å². The zero-order valence-corrected chi connectivity index (χ0v) is 15.8. The van der Waals surface area contributed by atoms with Gasteiger partial charge in [-0.3, -0.25) is 9.59 Å². The lowest BCUT2D eigenvalue weighted by molar-refractivity contribution is -0.181. The van der Waals surface area contributed by atoms with Crippen LogP contribution in [-0.2, 0) is 19.1 Å².